The number of hydrogen-bond donors (Lipinski definition) is 4. The Kier molecular flexibility index (Phi) is 8.19. The van der Waals surface area contributed by atoms with Gasteiger partial charge in [0.25, 0.3) is 0 Å². The number of rotatable bonds is 0. The maximum atomic E-state index is 3.63. The highest BCUT2D eigenvalue weighted by Gasteiger charge is 2.14. The van der Waals surface area contributed by atoms with Gasteiger partial charge in [0.2, 0.25) is 0 Å². The molecule has 0 saturated carbocycles. The molecule has 2 aliphatic rings. The van der Waals surface area contributed by atoms with Crippen LogP contribution in [0.4, 0.5) is 0 Å². The van der Waals surface area contributed by atoms with Crippen molar-refractivity contribution >= 4 is 0 Å². The quantitative estimate of drug-likeness (QED) is 0.587. The SMILES string of the molecule is Cc1c(C)c2c(C)c(C)c1CNCCCNCCNCCCNC2. The lowest BCUT2D eigenvalue weighted by Gasteiger charge is -2.21. The molecule has 0 aliphatic carbocycles. The zero-order valence-electron chi connectivity index (χ0n) is 16.1. The van der Waals surface area contributed by atoms with Gasteiger partial charge in [0, 0.05) is 26.2 Å². The number of nitrogens with one attached hydrogen (secondary N) is 4. The third-order valence-electron chi connectivity index (χ3n) is 5.43. The molecule has 0 spiro atoms. The average molecular weight is 333 g/mol. The van der Waals surface area contributed by atoms with Gasteiger partial charge in [-0.25, -0.2) is 0 Å². The summed E-state index contributed by atoms with van der Waals surface area (Å²) in [4.78, 5) is 0. The van der Waals surface area contributed by atoms with Crippen molar-refractivity contribution in [2.75, 3.05) is 39.3 Å². The molecule has 2 bridgehead atoms. The van der Waals surface area contributed by atoms with Gasteiger partial charge < -0.3 is 21.3 Å². The van der Waals surface area contributed by atoms with Crippen LogP contribution in [0.15, 0.2) is 0 Å². The number of benzene rings is 1. The van der Waals surface area contributed by atoms with Crippen LogP contribution in [-0.4, -0.2) is 39.3 Å². The molecule has 0 atom stereocenters. The average Bonchev–Trinajstić information content (AvgIpc) is 2.58. The Balaban J connectivity index is 2.12. The van der Waals surface area contributed by atoms with E-state index in [1.807, 2.05) is 0 Å². The third kappa shape index (κ3) is 5.28. The molecular formula is C20H36N4. The summed E-state index contributed by atoms with van der Waals surface area (Å²) >= 11 is 0. The first-order chi connectivity index (χ1) is 11.6. The van der Waals surface area contributed by atoms with E-state index in [9.17, 15) is 0 Å². The van der Waals surface area contributed by atoms with Crippen LogP contribution >= 0.6 is 0 Å². The van der Waals surface area contributed by atoms with Crippen LogP contribution in [0.2, 0.25) is 0 Å². The molecule has 136 valence electrons. The first kappa shape index (κ1) is 19.4. The fourth-order valence-corrected chi connectivity index (χ4v) is 3.53. The first-order valence-electron chi connectivity index (χ1n) is 9.54. The maximum Gasteiger partial charge on any atom is 0.0210 e. The lowest BCUT2D eigenvalue weighted by molar-refractivity contribution is 0.553. The van der Waals surface area contributed by atoms with Gasteiger partial charge in [0.05, 0.1) is 0 Å². The van der Waals surface area contributed by atoms with E-state index < -0.39 is 0 Å². The van der Waals surface area contributed by atoms with Crippen molar-refractivity contribution in [2.24, 2.45) is 0 Å². The Labute approximate surface area is 148 Å². The molecule has 0 amide bonds. The Bertz CT molecular complexity index is 449. The van der Waals surface area contributed by atoms with E-state index in [1.54, 1.807) is 0 Å². The molecule has 1 aromatic carbocycles. The minimum absolute atomic E-state index is 0.981. The molecular weight excluding hydrogens is 296 g/mol. The zero-order chi connectivity index (χ0) is 17.4. The molecule has 0 unspecified atom stereocenters. The monoisotopic (exact) mass is 332 g/mol. The van der Waals surface area contributed by atoms with Crippen molar-refractivity contribution in [2.45, 2.75) is 53.6 Å². The second kappa shape index (κ2) is 10.1. The minimum atomic E-state index is 0.981. The highest BCUT2D eigenvalue weighted by Crippen LogP contribution is 2.26. The van der Waals surface area contributed by atoms with Crippen molar-refractivity contribution in [3.63, 3.8) is 0 Å². The van der Waals surface area contributed by atoms with Crippen LogP contribution in [0.25, 0.3) is 0 Å². The fourth-order valence-electron chi connectivity index (χ4n) is 3.53. The standard InChI is InChI=1S/C20H36N4/c1-15-16(2)20-14-24-10-6-8-22-12-11-21-7-5-9-23-13-19(15)17(3)18(20)4/h21-24H,5-14H2,1-4H3. The van der Waals surface area contributed by atoms with Gasteiger partial charge >= 0.3 is 0 Å². The molecule has 0 aromatic heterocycles. The lowest BCUT2D eigenvalue weighted by Crippen LogP contribution is -2.31. The van der Waals surface area contributed by atoms with Crippen LogP contribution in [0.1, 0.15) is 46.2 Å². The van der Waals surface area contributed by atoms with Crippen molar-refractivity contribution in [3.8, 4) is 0 Å². The predicted octanol–water partition coefficient (Wildman–Crippen LogP) is 2.07. The predicted molar refractivity (Wildman–Crippen MR) is 104 cm³/mol. The van der Waals surface area contributed by atoms with Crippen LogP contribution in [0, 0.1) is 27.7 Å². The molecule has 4 heteroatoms. The van der Waals surface area contributed by atoms with Crippen LogP contribution < -0.4 is 21.3 Å². The second-order valence-electron chi connectivity index (χ2n) is 7.02. The van der Waals surface area contributed by atoms with E-state index in [2.05, 4.69) is 49.0 Å². The van der Waals surface area contributed by atoms with Gasteiger partial charge in [0.15, 0.2) is 0 Å². The minimum Gasteiger partial charge on any atom is -0.315 e. The Hall–Kier alpha value is -0.940. The van der Waals surface area contributed by atoms with Gasteiger partial charge in [-0.15, -0.1) is 0 Å². The third-order valence-corrected chi connectivity index (χ3v) is 5.43. The summed E-state index contributed by atoms with van der Waals surface area (Å²) in [6, 6.07) is 0. The smallest absolute Gasteiger partial charge is 0.0210 e. The van der Waals surface area contributed by atoms with Gasteiger partial charge in [-0.3, -0.25) is 0 Å². The summed E-state index contributed by atoms with van der Waals surface area (Å²) in [6.45, 7) is 17.5. The van der Waals surface area contributed by atoms with E-state index in [1.165, 1.54) is 46.2 Å². The van der Waals surface area contributed by atoms with Gasteiger partial charge in [-0.1, -0.05) is 0 Å². The number of hydrogen-bond acceptors (Lipinski definition) is 4. The van der Waals surface area contributed by atoms with E-state index in [0.717, 1.165) is 52.4 Å². The summed E-state index contributed by atoms with van der Waals surface area (Å²) in [6.07, 6.45) is 2.36. The van der Waals surface area contributed by atoms with E-state index >= 15 is 0 Å². The molecule has 1 aromatic rings. The highest BCUT2D eigenvalue weighted by molar-refractivity contribution is 5.50. The molecule has 4 nitrogen and oxygen atoms in total. The second-order valence-corrected chi connectivity index (χ2v) is 7.02. The van der Waals surface area contributed by atoms with Gasteiger partial charge in [-0.2, -0.15) is 0 Å². The normalized spacial score (nSPS) is 19.0. The van der Waals surface area contributed by atoms with Crippen molar-refractivity contribution in [1.82, 2.24) is 21.3 Å². The Morgan fingerprint density at radius 2 is 0.792 bits per heavy atom. The van der Waals surface area contributed by atoms with Crippen LogP contribution in [0.3, 0.4) is 0 Å². The summed E-state index contributed by atoms with van der Waals surface area (Å²) < 4.78 is 0. The maximum absolute atomic E-state index is 3.63. The van der Waals surface area contributed by atoms with E-state index in [4.69, 9.17) is 0 Å². The van der Waals surface area contributed by atoms with Gasteiger partial charge in [-0.05, 0) is 100 Å². The Morgan fingerprint density at radius 1 is 0.458 bits per heavy atom. The van der Waals surface area contributed by atoms with Crippen LogP contribution in [-0.2, 0) is 13.1 Å². The first-order valence-corrected chi connectivity index (χ1v) is 9.54. The van der Waals surface area contributed by atoms with Crippen molar-refractivity contribution in [3.05, 3.63) is 33.4 Å². The molecule has 4 N–H and O–H groups in total. The largest absolute Gasteiger partial charge is 0.315 e. The molecule has 2 heterocycles. The van der Waals surface area contributed by atoms with Gasteiger partial charge in [0.1, 0.15) is 0 Å². The molecule has 0 radical (unpaired) electrons. The zero-order valence-corrected chi connectivity index (χ0v) is 16.1. The molecule has 0 fully saturated rings. The summed E-state index contributed by atoms with van der Waals surface area (Å²) in [5.74, 6) is 0. The number of fused-ring (bicyclic) bond motifs is 15. The van der Waals surface area contributed by atoms with E-state index in [-0.39, 0.29) is 0 Å². The summed E-state index contributed by atoms with van der Waals surface area (Å²) in [5, 5.41) is 14.3. The van der Waals surface area contributed by atoms with Crippen LogP contribution in [0.5, 0.6) is 0 Å². The molecule has 0 saturated heterocycles. The molecule has 24 heavy (non-hydrogen) atoms. The summed E-state index contributed by atoms with van der Waals surface area (Å²) in [5.41, 5.74) is 8.83. The lowest BCUT2D eigenvalue weighted by atomic mass is 9.88. The fraction of sp³-hybridized carbons (Fsp3) is 0.700. The van der Waals surface area contributed by atoms with Crippen molar-refractivity contribution in [1.29, 1.82) is 0 Å². The summed E-state index contributed by atoms with van der Waals surface area (Å²) in [7, 11) is 0. The highest BCUT2D eigenvalue weighted by atomic mass is 14.9. The topological polar surface area (TPSA) is 48.1 Å². The molecule has 2 aliphatic heterocycles. The van der Waals surface area contributed by atoms with E-state index in [0.29, 0.717) is 0 Å². The molecule has 3 rings (SSSR count). The Morgan fingerprint density at radius 3 is 1.17 bits per heavy atom. The van der Waals surface area contributed by atoms with Crippen molar-refractivity contribution < 1.29 is 0 Å².